The highest BCUT2D eigenvalue weighted by atomic mass is 35.5. The molecule has 0 aliphatic carbocycles. The van der Waals surface area contributed by atoms with E-state index in [2.05, 4.69) is 25.5 Å². The molecular weight excluding hydrogens is 312 g/mol. The van der Waals surface area contributed by atoms with Crippen LogP contribution < -0.4 is 5.32 Å². The summed E-state index contributed by atoms with van der Waals surface area (Å²) >= 11 is 5.97. The highest BCUT2D eigenvalue weighted by molar-refractivity contribution is 6.30. The molecule has 0 atom stereocenters. The number of aromatic nitrogens is 5. The summed E-state index contributed by atoms with van der Waals surface area (Å²) in [7, 11) is 0. The van der Waals surface area contributed by atoms with Gasteiger partial charge in [0.25, 0.3) is 0 Å². The van der Waals surface area contributed by atoms with Gasteiger partial charge in [0.05, 0.1) is 5.69 Å². The molecule has 0 radical (unpaired) electrons. The van der Waals surface area contributed by atoms with Crippen molar-refractivity contribution >= 4 is 28.8 Å². The van der Waals surface area contributed by atoms with Crippen LogP contribution in [0.5, 0.6) is 0 Å². The first-order valence-electron chi connectivity index (χ1n) is 6.95. The van der Waals surface area contributed by atoms with Gasteiger partial charge in [-0.05, 0) is 30.3 Å². The van der Waals surface area contributed by atoms with Crippen molar-refractivity contribution < 1.29 is 0 Å². The third-order valence-corrected chi connectivity index (χ3v) is 3.59. The van der Waals surface area contributed by atoms with Gasteiger partial charge in [-0.15, -0.1) is 9.73 Å². The van der Waals surface area contributed by atoms with E-state index in [4.69, 9.17) is 11.6 Å². The number of halogens is 1. The van der Waals surface area contributed by atoms with Gasteiger partial charge in [-0.25, -0.2) is 9.97 Å². The summed E-state index contributed by atoms with van der Waals surface area (Å²) in [6, 6.07) is 13.1. The third-order valence-electron chi connectivity index (χ3n) is 3.34. The number of hydrogen-bond acceptors (Lipinski definition) is 5. The zero-order valence-corrected chi connectivity index (χ0v) is 12.6. The molecule has 112 valence electrons. The first kappa shape index (κ1) is 13.7. The van der Waals surface area contributed by atoms with E-state index in [1.807, 2.05) is 36.4 Å². The molecule has 1 N–H and O–H groups in total. The number of anilines is 2. The number of fused-ring (bicyclic) bond motifs is 1. The summed E-state index contributed by atoms with van der Waals surface area (Å²) < 4.78 is 1.58. The minimum atomic E-state index is 0.501. The molecule has 3 aromatic heterocycles. The van der Waals surface area contributed by atoms with E-state index in [1.165, 1.54) is 0 Å². The van der Waals surface area contributed by atoms with Crippen molar-refractivity contribution in [1.29, 1.82) is 0 Å². The quantitative estimate of drug-likeness (QED) is 0.624. The van der Waals surface area contributed by atoms with Crippen LogP contribution in [-0.2, 0) is 0 Å². The second-order valence-corrected chi connectivity index (χ2v) is 5.26. The van der Waals surface area contributed by atoms with Crippen molar-refractivity contribution in [2.45, 2.75) is 0 Å². The molecule has 0 spiro atoms. The second-order valence-electron chi connectivity index (χ2n) is 4.83. The van der Waals surface area contributed by atoms with Gasteiger partial charge in [0.1, 0.15) is 11.2 Å². The number of hydrogen-bond donors (Lipinski definition) is 1. The van der Waals surface area contributed by atoms with Crippen LogP contribution in [0.3, 0.4) is 0 Å². The predicted octanol–water partition coefficient (Wildman–Crippen LogP) is 3.58. The molecule has 0 saturated carbocycles. The molecule has 0 amide bonds. The highest BCUT2D eigenvalue weighted by Crippen LogP contribution is 2.32. The Morgan fingerprint density at radius 3 is 2.48 bits per heavy atom. The lowest BCUT2D eigenvalue weighted by molar-refractivity contribution is 0.803. The fourth-order valence-corrected chi connectivity index (χ4v) is 2.43. The zero-order chi connectivity index (χ0) is 15.6. The van der Waals surface area contributed by atoms with E-state index < -0.39 is 0 Å². The van der Waals surface area contributed by atoms with Crippen molar-refractivity contribution in [3.8, 4) is 11.3 Å². The van der Waals surface area contributed by atoms with Crippen molar-refractivity contribution in [1.82, 2.24) is 24.8 Å². The molecule has 0 aliphatic rings. The van der Waals surface area contributed by atoms with E-state index in [0.29, 0.717) is 11.0 Å². The maximum Gasteiger partial charge on any atom is 0.227 e. The molecule has 23 heavy (non-hydrogen) atoms. The monoisotopic (exact) mass is 322 g/mol. The molecule has 4 aromatic rings. The number of benzene rings is 1. The number of rotatable bonds is 3. The van der Waals surface area contributed by atoms with Crippen LogP contribution in [0.4, 0.5) is 11.6 Å². The van der Waals surface area contributed by atoms with Crippen LogP contribution >= 0.6 is 11.6 Å². The maximum atomic E-state index is 5.97. The fraction of sp³-hybridized carbons (Fsp3) is 0. The van der Waals surface area contributed by atoms with Crippen molar-refractivity contribution in [3.05, 3.63) is 66.1 Å². The Morgan fingerprint density at radius 2 is 1.70 bits per heavy atom. The summed E-state index contributed by atoms with van der Waals surface area (Å²) in [6.07, 6.45) is 5.05. The predicted molar refractivity (Wildman–Crippen MR) is 88.7 cm³/mol. The van der Waals surface area contributed by atoms with Crippen molar-refractivity contribution in [2.75, 3.05) is 5.32 Å². The summed E-state index contributed by atoms with van der Waals surface area (Å²) in [5.41, 5.74) is 3.32. The topological polar surface area (TPSA) is 68.0 Å². The van der Waals surface area contributed by atoms with Crippen molar-refractivity contribution in [3.63, 3.8) is 0 Å². The van der Waals surface area contributed by atoms with Crippen molar-refractivity contribution in [2.24, 2.45) is 0 Å². The van der Waals surface area contributed by atoms with Gasteiger partial charge in [0.2, 0.25) is 5.95 Å². The zero-order valence-electron chi connectivity index (χ0n) is 11.9. The van der Waals surface area contributed by atoms with Crippen LogP contribution in [0.1, 0.15) is 0 Å². The average molecular weight is 323 g/mol. The molecule has 3 heterocycles. The molecule has 0 bridgehead atoms. The summed E-state index contributed by atoms with van der Waals surface area (Å²) in [4.78, 5) is 8.42. The standard InChI is InChI=1S/C16H11ClN6/c17-12-6-4-11(5-7-12)14-15(21-16-18-8-2-9-19-16)13-3-1-10-20-23(13)22-14/h1-10H,(H,18,19,21). The number of nitrogens with zero attached hydrogens (tertiary/aromatic N) is 5. The van der Waals surface area contributed by atoms with Crippen LogP contribution in [-0.4, -0.2) is 24.8 Å². The minimum Gasteiger partial charge on any atom is -0.320 e. The SMILES string of the molecule is Clc1ccc(-c2nn3ncccc3c2Nc2ncccn2)cc1. The van der Waals surface area contributed by atoms with E-state index in [-0.39, 0.29) is 0 Å². The van der Waals surface area contributed by atoms with Gasteiger partial charge in [0.15, 0.2) is 0 Å². The third kappa shape index (κ3) is 2.60. The Labute approximate surface area is 136 Å². The Bertz CT molecular complexity index is 949. The summed E-state index contributed by atoms with van der Waals surface area (Å²) in [6.45, 7) is 0. The summed E-state index contributed by atoms with van der Waals surface area (Å²) in [5.74, 6) is 0.501. The largest absolute Gasteiger partial charge is 0.320 e. The molecule has 0 fully saturated rings. The lowest BCUT2D eigenvalue weighted by atomic mass is 10.1. The molecule has 0 aliphatic heterocycles. The van der Waals surface area contributed by atoms with Gasteiger partial charge in [-0.2, -0.15) is 5.10 Å². The second kappa shape index (κ2) is 5.66. The van der Waals surface area contributed by atoms with Gasteiger partial charge in [0, 0.05) is 29.2 Å². The fourth-order valence-electron chi connectivity index (χ4n) is 2.30. The van der Waals surface area contributed by atoms with E-state index in [0.717, 1.165) is 22.5 Å². The molecule has 6 nitrogen and oxygen atoms in total. The normalized spacial score (nSPS) is 10.8. The highest BCUT2D eigenvalue weighted by Gasteiger charge is 2.16. The molecule has 0 saturated heterocycles. The molecule has 7 heteroatoms. The van der Waals surface area contributed by atoms with Gasteiger partial charge in [-0.1, -0.05) is 23.7 Å². The minimum absolute atomic E-state index is 0.501. The first-order valence-corrected chi connectivity index (χ1v) is 7.33. The van der Waals surface area contributed by atoms with Gasteiger partial charge >= 0.3 is 0 Å². The molecule has 0 unspecified atom stereocenters. The number of nitrogens with one attached hydrogen (secondary N) is 1. The molecule has 4 rings (SSSR count). The Balaban J connectivity index is 1.89. The molecular formula is C16H11ClN6. The lowest BCUT2D eigenvalue weighted by Crippen LogP contribution is -1.97. The Morgan fingerprint density at radius 1 is 0.913 bits per heavy atom. The van der Waals surface area contributed by atoms with Crippen LogP contribution in [0.25, 0.3) is 16.8 Å². The average Bonchev–Trinajstić information content (AvgIpc) is 2.95. The van der Waals surface area contributed by atoms with E-state index >= 15 is 0 Å². The van der Waals surface area contributed by atoms with Crippen LogP contribution in [0.15, 0.2) is 61.1 Å². The Kier molecular flexibility index (Phi) is 3.36. The van der Waals surface area contributed by atoms with E-state index in [9.17, 15) is 0 Å². The smallest absolute Gasteiger partial charge is 0.227 e. The first-order chi connectivity index (χ1) is 11.3. The van der Waals surface area contributed by atoms with Gasteiger partial charge in [-0.3, -0.25) is 0 Å². The lowest BCUT2D eigenvalue weighted by Gasteiger charge is -2.05. The van der Waals surface area contributed by atoms with Gasteiger partial charge < -0.3 is 5.32 Å². The molecule has 1 aromatic carbocycles. The van der Waals surface area contributed by atoms with Crippen LogP contribution in [0, 0.1) is 0 Å². The maximum absolute atomic E-state index is 5.97. The summed E-state index contributed by atoms with van der Waals surface area (Å²) in [5, 5.41) is 12.7. The van der Waals surface area contributed by atoms with E-state index in [1.54, 1.807) is 29.3 Å². The van der Waals surface area contributed by atoms with Crippen LogP contribution in [0.2, 0.25) is 5.02 Å². The Hall–Kier alpha value is -2.99.